The summed E-state index contributed by atoms with van der Waals surface area (Å²) in [6.45, 7) is 1.09. The van der Waals surface area contributed by atoms with Crippen molar-refractivity contribution < 1.29 is 0 Å². The van der Waals surface area contributed by atoms with Gasteiger partial charge in [0.2, 0.25) is 5.95 Å². The summed E-state index contributed by atoms with van der Waals surface area (Å²) >= 11 is 1.60. The van der Waals surface area contributed by atoms with E-state index in [1.807, 2.05) is 0 Å². The van der Waals surface area contributed by atoms with Crippen LogP contribution in [0.15, 0.2) is 23.8 Å². The smallest absolute Gasteiger partial charge is 0.228 e. The summed E-state index contributed by atoms with van der Waals surface area (Å²) in [5.41, 5.74) is 1.12. The van der Waals surface area contributed by atoms with Crippen LogP contribution in [0.2, 0.25) is 0 Å². The van der Waals surface area contributed by atoms with Crippen molar-refractivity contribution in [1.82, 2.24) is 20.3 Å². The maximum atomic E-state index is 4.59. The topological polar surface area (TPSA) is 62.7 Å². The fourth-order valence-corrected chi connectivity index (χ4v) is 2.82. The molecule has 18 heavy (non-hydrogen) atoms. The molecular formula is C12H15N5S. The highest BCUT2D eigenvalue weighted by atomic mass is 32.1. The number of rotatable bonds is 3. The molecule has 0 aromatic carbocycles. The molecule has 1 aliphatic rings. The van der Waals surface area contributed by atoms with Crippen LogP contribution < -0.4 is 10.6 Å². The SMILES string of the molecule is c1cnc(Nc2nc([C@H]3CCCCN3)cs2)nc1. The molecule has 0 unspecified atom stereocenters. The number of thiazole rings is 1. The number of aromatic nitrogens is 3. The van der Waals surface area contributed by atoms with Crippen molar-refractivity contribution in [2.75, 3.05) is 11.9 Å². The lowest BCUT2D eigenvalue weighted by Gasteiger charge is -2.21. The Bertz CT molecular complexity index is 492. The van der Waals surface area contributed by atoms with Crippen molar-refractivity contribution in [2.24, 2.45) is 0 Å². The second kappa shape index (κ2) is 5.41. The van der Waals surface area contributed by atoms with E-state index in [1.54, 1.807) is 29.8 Å². The van der Waals surface area contributed by atoms with E-state index in [0.29, 0.717) is 12.0 Å². The zero-order valence-electron chi connectivity index (χ0n) is 9.97. The number of nitrogens with one attached hydrogen (secondary N) is 2. The van der Waals surface area contributed by atoms with Crippen LogP contribution in [0.25, 0.3) is 0 Å². The lowest BCUT2D eigenvalue weighted by Crippen LogP contribution is -2.26. The molecule has 1 saturated heterocycles. The quantitative estimate of drug-likeness (QED) is 0.888. The van der Waals surface area contributed by atoms with Crippen molar-refractivity contribution in [1.29, 1.82) is 0 Å². The van der Waals surface area contributed by atoms with Crippen LogP contribution in [0.5, 0.6) is 0 Å². The molecule has 6 heteroatoms. The third-order valence-corrected chi connectivity index (χ3v) is 3.75. The molecule has 2 aromatic heterocycles. The molecule has 2 N–H and O–H groups in total. The van der Waals surface area contributed by atoms with Crippen LogP contribution in [0, 0.1) is 0 Å². The van der Waals surface area contributed by atoms with Gasteiger partial charge in [-0.05, 0) is 25.5 Å². The summed E-state index contributed by atoms with van der Waals surface area (Å²) < 4.78 is 0. The van der Waals surface area contributed by atoms with Crippen LogP contribution in [-0.4, -0.2) is 21.5 Å². The van der Waals surface area contributed by atoms with Gasteiger partial charge < -0.3 is 10.6 Å². The van der Waals surface area contributed by atoms with Gasteiger partial charge in [-0.2, -0.15) is 0 Å². The Kier molecular flexibility index (Phi) is 3.47. The fourth-order valence-electron chi connectivity index (χ4n) is 2.07. The number of piperidine rings is 1. The number of hydrogen-bond donors (Lipinski definition) is 2. The van der Waals surface area contributed by atoms with Gasteiger partial charge in [-0.15, -0.1) is 11.3 Å². The molecule has 3 heterocycles. The summed E-state index contributed by atoms with van der Waals surface area (Å²) in [5, 5.41) is 9.57. The number of hydrogen-bond acceptors (Lipinski definition) is 6. The highest BCUT2D eigenvalue weighted by molar-refractivity contribution is 7.13. The average molecular weight is 261 g/mol. The summed E-state index contributed by atoms with van der Waals surface area (Å²) in [7, 11) is 0. The summed E-state index contributed by atoms with van der Waals surface area (Å²) in [6.07, 6.45) is 7.15. The minimum atomic E-state index is 0.405. The van der Waals surface area contributed by atoms with Crippen molar-refractivity contribution >= 4 is 22.4 Å². The van der Waals surface area contributed by atoms with Gasteiger partial charge in [-0.25, -0.2) is 15.0 Å². The summed E-state index contributed by atoms with van der Waals surface area (Å²) in [5.74, 6) is 0.593. The van der Waals surface area contributed by atoms with Crippen molar-refractivity contribution in [3.8, 4) is 0 Å². The predicted molar refractivity (Wildman–Crippen MR) is 72.0 cm³/mol. The second-order valence-corrected chi connectivity index (χ2v) is 5.14. The Hall–Kier alpha value is -1.53. The monoisotopic (exact) mass is 261 g/mol. The van der Waals surface area contributed by atoms with Gasteiger partial charge in [0.15, 0.2) is 5.13 Å². The molecule has 0 radical (unpaired) electrons. The van der Waals surface area contributed by atoms with Gasteiger partial charge >= 0.3 is 0 Å². The minimum absolute atomic E-state index is 0.405. The molecule has 0 saturated carbocycles. The molecule has 0 aliphatic carbocycles. The van der Waals surface area contributed by atoms with E-state index < -0.39 is 0 Å². The van der Waals surface area contributed by atoms with E-state index >= 15 is 0 Å². The van der Waals surface area contributed by atoms with Gasteiger partial charge in [0.25, 0.3) is 0 Å². The van der Waals surface area contributed by atoms with Crippen LogP contribution in [0.4, 0.5) is 11.1 Å². The molecule has 1 aliphatic heterocycles. The van der Waals surface area contributed by atoms with Crippen molar-refractivity contribution in [2.45, 2.75) is 25.3 Å². The molecule has 3 rings (SSSR count). The van der Waals surface area contributed by atoms with Gasteiger partial charge in [0, 0.05) is 17.8 Å². The first-order valence-electron chi connectivity index (χ1n) is 6.15. The largest absolute Gasteiger partial charge is 0.309 e. The zero-order chi connectivity index (χ0) is 12.2. The fraction of sp³-hybridized carbons (Fsp3) is 0.417. The first kappa shape index (κ1) is 11.6. The normalized spacial score (nSPS) is 19.7. The second-order valence-electron chi connectivity index (χ2n) is 4.28. The maximum Gasteiger partial charge on any atom is 0.228 e. The molecule has 94 valence electrons. The highest BCUT2D eigenvalue weighted by Crippen LogP contribution is 2.27. The van der Waals surface area contributed by atoms with E-state index in [-0.39, 0.29) is 0 Å². The molecule has 5 nitrogen and oxygen atoms in total. The van der Waals surface area contributed by atoms with Crippen LogP contribution in [0.3, 0.4) is 0 Å². The Balaban J connectivity index is 1.69. The Morgan fingerprint density at radius 2 is 2.17 bits per heavy atom. The molecule has 0 bridgehead atoms. The average Bonchev–Trinajstić information content (AvgIpc) is 2.89. The van der Waals surface area contributed by atoms with Crippen LogP contribution in [-0.2, 0) is 0 Å². The molecule has 2 aromatic rings. The molecule has 0 amide bonds. The lowest BCUT2D eigenvalue weighted by molar-refractivity contribution is 0.407. The van der Waals surface area contributed by atoms with E-state index in [0.717, 1.165) is 17.4 Å². The van der Waals surface area contributed by atoms with E-state index in [1.165, 1.54) is 19.3 Å². The third kappa shape index (κ3) is 2.65. The summed E-state index contributed by atoms with van der Waals surface area (Å²) in [6, 6.07) is 2.20. The first-order chi connectivity index (χ1) is 8.92. The Morgan fingerprint density at radius 3 is 2.94 bits per heavy atom. The van der Waals surface area contributed by atoms with E-state index in [2.05, 4.69) is 31.0 Å². The van der Waals surface area contributed by atoms with Gasteiger partial charge in [0.05, 0.1) is 11.7 Å². The van der Waals surface area contributed by atoms with Crippen LogP contribution in [0.1, 0.15) is 31.0 Å². The highest BCUT2D eigenvalue weighted by Gasteiger charge is 2.17. The molecule has 1 fully saturated rings. The van der Waals surface area contributed by atoms with Crippen molar-refractivity contribution in [3.63, 3.8) is 0 Å². The lowest BCUT2D eigenvalue weighted by atomic mass is 10.0. The van der Waals surface area contributed by atoms with Crippen molar-refractivity contribution in [3.05, 3.63) is 29.5 Å². The predicted octanol–water partition coefficient (Wildman–Crippen LogP) is 2.49. The van der Waals surface area contributed by atoms with E-state index in [4.69, 9.17) is 0 Å². The van der Waals surface area contributed by atoms with Gasteiger partial charge in [-0.1, -0.05) is 6.42 Å². The molecule has 1 atom stereocenters. The van der Waals surface area contributed by atoms with Gasteiger partial charge in [0.1, 0.15) is 0 Å². The third-order valence-electron chi connectivity index (χ3n) is 2.97. The minimum Gasteiger partial charge on any atom is -0.309 e. The Labute approximate surface area is 110 Å². The molecular weight excluding hydrogens is 246 g/mol. The molecule has 0 spiro atoms. The standard InChI is InChI=1S/C12H15N5S/c1-2-5-13-9(4-1)10-8-18-12(16-10)17-11-14-6-3-7-15-11/h3,6-9,13H,1-2,4-5H2,(H,14,15,16,17)/t9-/m1/s1. The first-order valence-corrected chi connectivity index (χ1v) is 7.02. The number of anilines is 2. The Morgan fingerprint density at radius 1 is 1.28 bits per heavy atom. The van der Waals surface area contributed by atoms with E-state index in [9.17, 15) is 0 Å². The zero-order valence-corrected chi connectivity index (χ0v) is 10.8. The number of nitrogens with zero attached hydrogens (tertiary/aromatic N) is 3. The van der Waals surface area contributed by atoms with Gasteiger partial charge in [-0.3, -0.25) is 0 Å². The summed E-state index contributed by atoms with van der Waals surface area (Å²) in [4.78, 5) is 12.8. The maximum absolute atomic E-state index is 4.59. The van der Waals surface area contributed by atoms with Crippen LogP contribution >= 0.6 is 11.3 Å².